The monoisotopic (exact) mass is 202 g/mol. The topological polar surface area (TPSA) is 26.3 Å². The first-order valence-electron chi connectivity index (χ1n) is 5.12. The van der Waals surface area contributed by atoms with Crippen molar-refractivity contribution in [3.05, 3.63) is 47.0 Å². The maximum Gasteiger partial charge on any atom is 0.331 e. The molecule has 0 saturated carbocycles. The summed E-state index contributed by atoms with van der Waals surface area (Å²) < 4.78 is 5.04. The second-order valence-electron chi connectivity index (χ2n) is 3.96. The molecule has 0 spiro atoms. The molecule has 2 rings (SSSR count). The van der Waals surface area contributed by atoms with Crippen LogP contribution in [0.25, 0.3) is 0 Å². The predicted molar refractivity (Wildman–Crippen MR) is 58.5 cm³/mol. The zero-order chi connectivity index (χ0) is 10.8. The lowest BCUT2D eigenvalue weighted by Gasteiger charge is -2.08. The van der Waals surface area contributed by atoms with Crippen LogP contribution >= 0.6 is 0 Å². The molecule has 0 radical (unpaired) electrons. The molecule has 0 aromatic heterocycles. The molecule has 0 bridgehead atoms. The molecule has 0 fully saturated rings. The van der Waals surface area contributed by atoms with E-state index in [0.717, 1.165) is 12.0 Å². The Hall–Kier alpha value is -1.57. The number of hydrogen-bond acceptors (Lipinski definition) is 2. The van der Waals surface area contributed by atoms with Crippen LogP contribution in [0, 0.1) is 6.92 Å². The molecule has 1 aromatic carbocycles. The molecular formula is C13H14O2. The summed E-state index contributed by atoms with van der Waals surface area (Å²) in [4.78, 5) is 11.0. The Morgan fingerprint density at radius 1 is 1.27 bits per heavy atom. The quantitative estimate of drug-likeness (QED) is 0.688. The Morgan fingerprint density at radius 2 is 1.93 bits per heavy atom. The van der Waals surface area contributed by atoms with E-state index in [2.05, 4.69) is 31.2 Å². The second kappa shape index (κ2) is 3.89. The van der Waals surface area contributed by atoms with Crippen molar-refractivity contribution in [2.45, 2.75) is 26.4 Å². The molecule has 0 amide bonds. The lowest BCUT2D eigenvalue weighted by molar-refractivity contribution is -0.138. The molecule has 1 heterocycles. The van der Waals surface area contributed by atoms with Gasteiger partial charge >= 0.3 is 5.97 Å². The van der Waals surface area contributed by atoms with Crippen LogP contribution in [0.5, 0.6) is 0 Å². The van der Waals surface area contributed by atoms with Gasteiger partial charge in [-0.1, -0.05) is 29.8 Å². The van der Waals surface area contributed by atoms with Crippen molar-refractivity contribution in [3.63, 3.8) is 0 Å². The first-order valence-corrected chi connectivity index (χ1v) is 5.12. The lowest BCUT2D eigenvalue weighted by atomic mass is 10.0. The summed E-state index contributed by atoms with van der Waals surface area (Å²) in [6, 6.07) is 8.34. The van der Waals surface area contributed by atoms with E-state index >= 15 is 0 Å². The average Bonchev–Trinajstić information content (AvgIpc) is 2.49. The third kappa shape index (κ3) is 2.27. The standard InChI is InChI=1S/C13H14O2/c1-9-3-5-11(6-4-9)7-12-8-13(14)15-10(12)2/h3-6,8,10H,7H2,1-2H3. The molecule has 2 heteroatoms. The average molecular weight is 202 g/mol. The third-order valence-electron chi connectivity index (χ3n) is 2.65. The van der Waals surface area contributed by atoms with Gasteiger partial charge in [0.2, 0.25) is 0 Å². The van der Waals surface area contributed by atoms with Gasteiger partial charge in [0.15, 0.2) is 0 Å². The minimum atomic E-state index is -0.218. The van der Waals surface area contributed by atoms with Crippen LogP contribution in [-0.2, 0) is 16.0 Å². The largest absolute Gasteiger partial charge is 0.455 e. The first-order chi connectivity index (χ1) is 7.15. The summed E-state index contributed by atoms with van der Waals surface area (Å²) in [7, 11) is 0. The van der Waals surface area contributed by atoms with Gasteiger partial charge in [-0.3, -0.25) is 0 Å². The predicted octanol–water partition coefficient (Wildman–Crippen LogP) is 2.41. The Balaban J connectivity index is 2.12. The van der Waals surface area contributed by atoms with Crippen LogP contribution in [0.4, 0.5) is 0 Å². The Morgan fingerprint density at radius 3 is 2.47 bits per heavy atom. The third-order valence-corrected chi connectivity index (χ3v) is 2.65. The number of carbonyl (C=O) groups excluding carboxylic acids is 1. The van der Waals surface area contributed by atoms with Crippen molar-refractivity contribution in [2.75, 3.05) is 0 Å². The minimum Gasteiger partial charge on any atom is -0.455 e. The number of carbonyl (C=O) groups is 1. The molecule has 0 aliphatic carbocycles. The van der Waals surface area contributed by atoms with E-state index in [1.165, 1.54) is 11.1 Å². The summed E-state index contributed by atoms with van der Waals surface area (Å²) in [6.45, 7) is 3.97. The highest BCUT2D eigenvalue weighted by Crippen LogP contribution is 2.19. The van der Waals surface area contributed by atoms with Crippen molar-refractivity contribution in [1.82, 2.24) is 0 Å². The first kappa shape index (κ1) is 9.97. The van der Waals surface area contributed by atoms with Crippen molar-refractivity contribution < 1.29 is 9.53 Å². The number of rotatable bonds is 2. The number of esters is 1. The van der Waals surface area contributed by atoms with Crippen LogP contribution in [-0.4, -0.2) is 12.1 Å². The van der Waals surface area contributed by atoms with Crippen molar-refractivity contribution in [3.8, 4) is 0 Å². The number of cyclic esters (lactones) is 1. The van der Waals surface area contributed by atoms with Gasteiger partial charge in [-0.05, 0) is 31.4 Å². The fraction of sp³-hybridized carbons (Fsp3) is 0.308. The van der Waals surface area contributed by atoms with Crippen molar-refractivity contribution >= 4 is 5.97 Å². The Kier molecular flexibility index (Phi) is 2.58. The normalized spacial score (nSPS) is 20.0. The van der Waals surface area contributed by atoms with Gasteiger partial charge in [0, 0.05) is 6.08 Å². The second-order valence-corrected chi connectivity index (χ2v) is 3.96. The molecule has 2 nitrogen and oxygen atoms in total. The van der Waals surface area contributed by atoms with Crippen LogP contribution in [0.1, 0.15) is 18.1 Å². The van der Waals surface area contributed by atoms with E-state index in [1.807, 2.05) is 6.92 Å². The molecular weight excluding hydrogens is 188 g/mol. The van der Waals surface area contributed by atoms with Gasteiger partial charge in [-0.15, -0.1) is 0 Å². The van der Waals surface area contributed by atoms with Crippen LogP contribution in [0.3, 0.4) is 0 Å². The number of ether oxygens (including phenoxy) is 1. The lowest BCUT2D eigenvalue weighted by Crippen LogP contribution is -2.07. The van der Waals surface area contributed by atoms with E-state index in [1.54, 1.807) is 6.08 Å². The van der Waals surface area contributed by atoms with E-state index in [-0.39, 0.29) is 12.1 Å². The fourth-order valence-electron chi connectivity index (χ4n) is 1.69. The SMILES string of the molecule is Cc1ccc(CC2=CC(=O)OC2C)cc1. The fourth-order valence-corrected chi connectivity index (χ4v) is 1.69. The molecule has 1 atom stereocenters. The number of hydrogen-bond donors (Lipinski definition) is 0. The maximum absolute atomic E-state index is 11.0. The molecule has 0 N–H and O–H groups in total. The van der Waals surface area contributed by atoms with E-state index in [0.29, 0.717) is 0 Å². The molecule has 1 aliphatic heterocycles. The van der Waals surface area contributed by atoms with Crippen molar-refractivity contribution in [2.24, 2.45) is 0 Å². The maximum atomic E-state index is 11.0. The molecule has 0 saturated heterocycles. The van der Waals surface area contributed by atoms with Crippen LogP contribution in [0.15, 0.2) is 35.9 Å². The molecule has 1 aromatic rings. The van der Waals surface area contributed by atoms with Crippen LogP contribution < -0.4 is 0 Å². The summed E-state index contributed by atoms with van der Waals surface area (Å²) in [5, 5.41) is 0. The summed E-state index contributed by atoms with van der Waals surface area (Å²) in [5.74, 6) is -0.218. The summed E-state index contributed by atoms with van der Waals surface area (Å²) in [5.41, 5.74) is 3.53. The summed E-state index contributed by atoms with van der Waals surface area (Å²) in [6.07, 6.45) is 2.33. The van der Waals surface area contributed by atoms with Crippen molar-refractivity contribution in [1.29, 1.82) is 0 Å². The highest BCUT2D eigenvalue weighted by Gasteiger charge is 2.21. The zero-order valence-corrected chi connectivity index (χ0v) is 8.99. The van der Waals surface area contributed by atoms with Gasteiger partial charge in [0.05, 0.1) is 0 Å². The molecule has 1 unspecified atom stereocenters. The molecule has 15 heavy (non-hydrogen) atoms. The van der Waals surface area contributed by atoms with Gasteiger partial charge in [-0.25, -0.2) is 4.79 Å². The van der Waals surface area contributed by atoms with Gasteiger partial charge in [0.25, 0.3) is 0 Å². The highest BCUT2D eigenvalue weighted by molar-refractivity contribution is 5.85. The van der Waals surface area contributed by atoms with Gasteiger partial charge in [0.1, 0.15) is 6.10 Å². The highest BCUT2D eigenvalue weighted by atomic mass is 16.5. The minimum absolute atomic E-state index is 0.0706. The van der Waals surface area contributed by atoms with E-state index < -0.39 is 0 Å². The number of aryl methyl sites for hydroxylation is 1. The van der Waals surface area contributed by atoms with Gasteiger partial charge in [-0.2, -0.15) is 0 Å². The van der Waals surface area contributed by atoms with Crippen LogP contribution in [0.2, 0.25) is 0 Å². The zero-order valence-electron chi connectivity index (χ0n) is 8.99. The molecule has 1 aliphatic rings. The Bertz CT molecular complexity index is 401. The van der Waals surface area contributed by atoms with E-state index in [4.69, 9.17) is 4.74 Å². The smallest absolute Gasteiger partial charge is 0.331 e. The Labute approximate surface area is 89.6 Å². The summed E-state index contributed by atoms with van der Waals surface area (Å²) >= 11 is 0. The molecule has 78 valence electrons. The van der Waals surface area contributed by atoms with E-state index in [9.17, 15) is 4.79 Å². The number of benzene rings is 1. The van der Waals surface area contributed by atoms with Gasteiger partial charge < -0.3 is 4.74 Å².